The van der Waals surface area contributed by atoms with Crippen LogP contribution < -0.4 is 0 Å². The third-order valence-corrected chi connectivity index (χ3v) is 5.51. The first kappa shape index (κ1) is 23.0. The number of fused-ring (bicyclic) bond motifs is 1. The molecule has 6 nitrogen and oxygen atoms in total. The SMILES string of the molecule is O=C(O)C(F)(F)F.O=C(c1cccc(Cl)c1)N1C[C@H]2CN(Cc3ccccn3)C[C@H]2C1. The van der Waals surface area contributed by atoms with E-state index in [1.807, 2.05) is 35.4 Å². The lowest BCUT2D eigenvalue weighted by Gasteiger charge is -2.21. The molecule has 3 heterocycles. The lowest BCUT2D eigenvalue weighted by Crippen LogP contribution is -2.33. The van der Waals surface area contributed by atoms with Crippen LogP contribution in [0.3, 0.4) is 0 Å². The van der Waals surface area contributed by atoms with E-state index in [9.17, 15) is 18.0 Å². The summed E-state index contributed by atoms with van der Waals surface area (Å²) in [5.74, 6) is -1.52. The van der Waals surface area contributed by atoms with Gasteiger partial charge >= 0.3 is 12.1 Å². The molecule has 2 aromatic rings. The van der Waals surface area contributed by atoms with Crippen LogP contribution in [0.5, 0.6) is 0 Å². The number of amides is 1. The third-order valence-electron chi connectivity index (χ3n) is 5.27. The smallest absolute Gasteiger partial charge is 0.475 e. The number of aliphatic carboxylic acids is 1. The summed E-state index contributed by atoms with van der Waals surface area (Å²) in [5, 5.41) is 7.74. The number of alkyl halides is 3. The van der Waals surface area contributed by atoms with Crippen molar-refractivity contribution in [3.63, 3.8) is 0 Å². The zero-order valence-corrected chi connectivity index (χ0v) is 17.2. The lowest BCUT2D eigenvalue weighted by molar-refractivity contribution is -0.192. The number of nitrogens with zero attached hydrogens (tertiary/aromatic N) is 3. The molecule has 166 valence electrons. The van der Waals surface area contributed by atoms with Crippen molar-refractivity contribution in [2.24, 2.45) is 11.8 Å². The van der Waals surface area contributed by atoms with Gasteiger partial charge in [0.1, 0.15) is 0 Å². The summed E-state index contributed by atoms with van der Waals surface area (Å²) in [5.41, 5.74) is 1.80. The summed E-state index contributed by atoms with van der Waals surface area (Å²) in [4.78, 5) is 30.4. The summed E-state index contributed by atoms with van der Waals surface area (Å²) >= 11 is 6.00. The van der Waals surface area contributed by atoms with Crippen molar-refractivity contribution in [1.29, 1.82) is 0 Å². The highest BCUT2D eigenvalue weighted by molar-refractivity contribution is 6.30. The van der Waals surface area contributed by atoms with Crippen LogP contribution in [-0.4, -0.2) is 64.1 Å². The molecule has 0 aliphatic carbocycles. The number of carbonyl (C=O) groups is 2. The van der Waals surface area contributed by atoms with Gasteiger partial charge in [0.2, 0.25) is 0 Å². The first-order valence-electron chi connectivity index (χ1n) is 9.60. The summed E-state index contributed by atoms with van der Waals surface area (Å²) in [6.45, 7) is 4.67. The van der Waals surface area contributed by atoms with Crippen LogP contribution in [-0.2, 0) is 11.3 Å². The van der Waals surface area contributed by atoms with Gasteiger partial charge in [-0.1, -0.05) is 23.7 Å². The molecule has 1 aromatic carbocycles. The maximum Gasteiger partial charge on any atom is 0.490 e. The minimum Gasteiger partial charge on any atom is -0.475 e. The van der Waals surface area contributed by atoms with Gasteiger partial charge < -0.3 is 10.0 Å². The minimum atomic E-state index is -5.08. The molecule has 2 atom stereocenters. The quantitative estimate of drug-likeness (QED) is 0.766. The van der Waals surface area contributed by atoms with Crippen LogP contribution in [0.4, 0.5) is 13.2 Å². The number of benzene rings is 1. The van der Waals surface area contributed by atoms with Gasteiger partial charge in [0.25, 0.3) is 5.91 Å². The molecule has 0 radical (unpaired) electrons. The van der Waals surface area contributed by atoms with E-state index in [0.29, 0.717) is 22.4 Å². The van der Waals surface area contributed by atoms with Crippen LogP contribution in [0, 0.1) is 11.8 Å². The molecule has 2 saturated heterocycles. The average molecular weight is 456 g/mol. The number of hydrogen-bond donors (Lipinski definition) is 1. The fourth-order valence-electron chi connectivity index (χ4n) is 3.91. The number of hydrogen-bond acceptors (Lipinski definition) is 4. The number of carboxylic acid groups (broad SMARTS) is 1. The molecule has 0 bridgehead atoms. The van der Waals surface area contributed by atoms with Crippen LogP contribution in [0.15, 0.2) is 48.7 Å². The van der Waals surface area contributed by atoms with Gasteiger partial charge in [-0.25, -0.2) is 4.79 Å². The van der Waals surface area contributed by atoms with Gasteiger partial charge in [-0.2, -0.15) is 13.2 Å². The number of pyridine rings is 1. The first-order chi connectivity index (χ1) is 14.6. The van der Waals surface area contributed by atoms with Gasteiger partial charge in [-0.3, -0.25) is 14.7 Å². The fourth-order valence-corrected chi connectivity index (χ4v) is 4.10. The average Bonchev–Trinajstić information content (AvgIpc) is 3.26. The molecule has 1 N–H and O–H groups in total. The Morgan fingerprint density at radius 1 is 1.06 bits per heavy atom. The van der Waals surface area contributed by atoms with Crippen molar-refractivity contribution < 1.29 is 27.9 Å². The highest BCUT2D eigenvalue weighted by atomic mass is 35.5. The van der Waals surface area contributed by atoms with E-state index in [-0.39, 0.29) is 5.91 Å². The molecular weight excluding hydrogens is 435 g/mol. The van der Waals surface area contributed by atoms with E-state index in [2.05, 4.69) is 16.0 Å². The lowest BCUT2D eigenvalue weighted by atomic mass is 10.0. The molecule has 2 fully saturated rings. The highest BCUT2D eigenvalue weighted by Gasteiger charge is 2.41. The molecule has 4 rings (SSSR count). The van der Waals surface area contributed by atoms with E-state index >= 15 is 0 Å². The Kier molecular flexibility index (Phi) is 7.17. The molecule has 2 aliphatic rings. The molecule has 2 aliphatic heterocycles. The second-order valence-corrected chi connectivity index (χ2v) is 8.00. The number of carboxylic acids is 1. The van der Waals surface area contributed by atoms with Crippen molar-refractivity contribution in [2.75, 3.05) is 26.2 Å². The largest absolute Gasteiger partial charge is 0.490 e. The van der Waals surface area contributed by atoms with Gasteiger partial charge in [0.05, 0.1) is 5.69 Å². The Balaban J connectivity index is 0.000000339. The topological polar surface area (TPSA) is 73.7 Å². The van der Waals surface area contributed by atoms with Crippen LogP contribution in [0.25, 0.3) is 0 Å². The Morgan fingerprint density at radius 2 is 1.71 bits per heavy atom. The maximum absolute atomic E-state index is 12.6. The van der Waals surface area contributed by atoms with E-state index < -0.39 is 12.1 Å². The zero-order valence-electron chi connectivity index (χ0n) is 16.4. The molecule has 0 saturated carbocycles. The number of rotatable bonds is 3. The monoisotopic (exact) mass is 455 g/mol. The van der Waals surface area contributed by atoms with E-state index in [0.717, 1.165) is 38.4 Å². The highest BCUT2D eigenvalue weighted by Crippen LogP contribution is 2.32. The minimum absolute atomic E-state index is 0.100. The fraction of sp³-hybridized carbons (Fsp3) is 0.381. The Bertz CT molecular complexity index is 913. The second kappa shape index (κ2) is 9.65. The predicted octanol–water partition coefficient (Wildman–Crippen LogP) is 3.57. The van der Waals surface area contributed by atoms with Crippen molar-refractivity contribution in [3.05, 3.63) is 64.9 Å². The molecule has 0 unspecified atom stereocenters. The predicted molar refractivity (Wildman–Crippen MR) is 108 cm³/mol. The van der Waals surface area contributed by atoms with E-state index in [1.54, 1.807) is 12.1 Å². The maximum atomic E-state index is 12.6. The number of likely N-dealkylation sites (tertiary alicyclic amines) is 2. The molecule has 10 heteroatoms. The Hall–Kier alpha value is -2.65. The van der Waals surface area contributed by atoms with Gasteiger partial charge in [-0.15, -0.1) is 0 Å². The van der Waals surface area contributed by atoms with Gasteiger partial charge in [0, 0.05) is 49.5 Å². The number of halogens is 4. The molecule has 1 aromatic heterocycles. The van der Waals surface area contributed by atoms with Crippen molar-refractivity contribution in [3.8, 4) is 0 Å². The zero-order chi connectivity index (χ0) is 22.6. The third kappa shape index (κ3) is 6.18. The normalized spacial score (nSPS) is 20.7. The summed E-state index contributed by atoms with van der Waals surface area (Å²) < 4.78 is 31.7. The van der Waals surface area contributed by atoms with E-state index in [1.165, 1.54) is 0 Å². The molecule has 31 heavy (non-hydrogen) atoms. The van der Waals surface area contributed by atoms with Crippen molar-refractivity contribution in [1.82, 2.24) is 14.8 Å². The first-order valence-corrected chi connectivity index (χ1v) is 9.98. The van der Waals surface area contributed by atoms with Gasteiger partial charge in [-0.05, 0) is 42.2 Å². The molecular formula is C21H21ClF3N3O3. The standard InChI is InChI=1S/C19H20ClN3O.C2HF3O2/c20-17-5-3-4-14(8-17)19(24)23-11-15-9-22(10-16(15)12-23)13-18-6-1-2-7-21-18;3-2(4,5)1(6)7/h1-8,15-16H,9-13H2;(H,6,7)/t15-,16+;. The number of carbonyl (C=O) groups excluding carboxylic acids is 1. The Morgan fingerprint density at radius 3 is 2.23 bits per heavy atom. The van der Waals surface area contributed by atoms with E-state index in [4.69, 9.17) is 21.5 Å². The summed E-state index contributed by atoms with van der Waals surface area (Å²) in [6.07, 6.45) is -3.24. The van der Waals surface area contributed by atoms with Crippen LogP contribution in [0.2, 0.25) is 5.02 Å². The Labute approximate surface area is 182 Å². The van der Waals surface area contributed by atoms with Crippen molar-refractivity contribution in [2.45, 2.75) is 12.7 Å². The summed E-state index contributed by atoms with van der Waals surface area (Å²) in [7, 11) is 0. The second-order valence-electron chi connectivity index (χ2n) is 7.56. The molecule has 0 spiro atoms. The van der Waals surface area contributed by atoms with Crippen molar-refractivity contribution >= 4 is 23.5 Å². The summed E-state index contributed by atoms with van der Waals surface area (Å²) in [6, 6.07) is 13.3. The molecule has 1 amide bonds. The van der Waals surface area contributed by atoms with Crippen LogP contribution in [0.1, 0.15) is 16.1 Å². The van der Waals surface area contributed by atoms with Gasteiger partial charge in [0.15, 0.2) is 0 Å². The number of aromatic nitrogens is 1. The van der Waals surface area contributed by atoms with Crippen LogP contribution >= 0.6 is 11.6 Å².